The van der Waals surface area contributed by atoms with Crippen molar-refractivity contribution in [3.8, 4) is 0 Å². The lowest BCUT2D eigenvalue weighted by molar-refractivity contribution is -0.150. The molecule has 0 N–H and O–H groups in total. The van der Waals surface area contributed by atoms with E-state index in [0.29, 0.717) is 12.3 Å². The Balaban J connectivity index is 2.74. The largest absolute Gasteiger partial charge is 0.467 e. The van der Waals surface area contributed by atoms with Crippen molar-refractivity contribution in [3.63, 3.8) is 0 Å². The van der Waals surface area contributed by atoms with Gasteiger partial charge in [-0.05, 0) is 13.3 Å². The molecule has 0 radical (unpaired) electrons. The number of carbonyl (C=O) groups is 2. The number of esters is 1. The number of hydrogen-bond acceptors (Lipinski definition) is 4. The Labute approximate surface area is 113 Å². The maximum atomic E-state index is 12.1. The summed E-state index contributed by atoms with van der Waals surface area (Å²) >= 11 is 1.68. The van der Waals surface area contributed by atoms with Crippen molar-refractivity contribution in [2.24, 2.45) is 0 Å². The fourth-order valence-electron chi connectivity index (χ4n) is 1.96. The van der Waals surface area contributed by atoms with Gasteiger partial charge in [-0.3, -0.25) is 4.79 Å². The van der Waals surface area contributed by atoms with Crippen LogP contribution in [0.3, 0.4) is 0 Å². The molecule has 0 aromatic carbocycles. The van der Waals surface area contributed by atoms with Crippen LogP contribution in [0.1, 0.15) is 26.7 Å². The van der Waals surface area contributed by atoms with Gasteiger partial charge >= 0.3 is 5.97 Å². The van der Waals surface area contributed by atoms with Gasteiger partial charge in [-0.1, -0.05) is 18.9 Å². The summed E-state index contributed by atoms with van der Waals surface area (Å²) < 4.78 is 4.76. The maximum Gasteiger partial charge on any atom is 0.329 e. The highest BCUT2D eigenvalue weighted by atomic mass is 32.2. The molecule has 1 amide bonds. The van der Waals surface area contributed by atoms with E-state index in [1.165, 1.54) is 7.11 Å². The summed E-state index contributed by atoms with van der Waals surface area (Å²) in [5, 5.41) is 0. The van der Waals surface area contributed by atoms with Crippen LogP contribution in [0.5, 0.6) is 0 Å². The van der Waals surface area contributed by atoms with Crippen LogP contribution in [0, 0.1) is 0 Å². The van der Waals surface area contributed by atoms with Crippen molar-refractivity contribution in [1.29, 1.82) is 0 Å². The first-order valence-electron chi connectivity index (χ1n) is 6.23. The van der Waals surface area contributed by atoms with E-state index in [9.17, 15) is 9.59 Å². The number of ether oxygens (including phenoxy) is 1. The number of carbonyl (C=O) groups excluding carboxylic acids is 2. The Morgan fingerprint density at radius 3 is 2.83 bits per heavy atom. The van der Waals surface area contributed by atoms with E-state index < -0.39 is 6.04 Å². The van der Waals surface area contributed by atoms with Gasteiger partial charge < -0.3 is 9.64 Å². The van der Waals surface area contributed by atoms with Gasteiger partial charge in [-0.15, -0.1) is 0 Å². The normalized spacial score (nSPS) is 20.7. The molecule has 1 rings (SSSR count). The van der Waals surface area contributed by atoms with Gasteiger partial charge in [0.05, 0.1) is 7.11 Å². The minimum atomic E-state index is -0.438. The van der Waals surface area contributed by atoms with Crippen molar-refractivity contribution in [1.82, 2.24) is 4.90 Å². The van der Waals surface area contributed by atoms with E-state index in [-0.39, 0.29) is 11.9 Å². The van der Waals surface area contributed by atoms with Crippen molar-refractivity contribution < 1.29 is 14.3 Å². The molecular weight excluding hydrogens is 250 g/mol. The number of rotatable bonds is 4. The van der Waals surface area contributed by atoms with Gasteiger partial charge in [-0.25, -0.2) is 4.79 Å². The molecule has 5 heteroatoms. The zero-order valence-corrected chi connectivity index (χ0v) is 12.1. The Bertz CT molecular complexity index is 341. The summed E-state index contributed by atoms with van der Waals surface area (Å²) in [4.78, 5) is 25.4. The molecule has 1 fully saturated rings. The summed E-state index contributed by atoms with van der Waals surface area (Å²) in [7, 11) is 1.36. The summed E-state index contributed by atoms with van der Waals surface area (Å²) in [6, 6.07) is -0.438. The smallest absolute Gasteiger partial charge is 0.329 e. The molecule has 0 aromatic heterocycles. The molecule has 1 aliphatic heterocycles. The SMILES string of the molecule is CCC/C(C)=C/C(=O)N1CCSCC1C(=O)OC. The average Bonchev–Trinajstić information content (AvgIpc) is 2.38. The van der Waals surface area contributed by atoms with Crippen LogP contribution < -0.4 is 0 Å². The molecule has 1 saturated heterocycles. The molecule has 4 nitrogen and oxygen atoms in total. The van der Waals surface area contributed by atoms with E-state index in [0.717, 1.165) is 24.2 Å². The quantitative estimate of drug-likeness (QED) is 0.578. The van der Waals surface area contributed by atoms with Crippen LogP contribution in [0.15, 0.2) is 11.6 Å². The third kappa shape index (κ3) is 4.05. The highest BCUT2D eigenvalue weighted by molar-refractivity contribution is 7.99. The van der Waals surface area contributed by atoms with E-state index in [2.05, 4.69) is 6.92 Å². The highest BCUT2D eigenvalue weighted by Gasteiger charge is 2.32. The summed E-state index contributed by atoms with van der Waals surface area (Å²) in [6.07, 6.45) is 3.58. The summed E-state index contributed by atoms with van der Waals surface area (Å²) in [6.45, 7) is 4.64. The van der Waals surface area contributed by atoms with Crippen molar-refractivity contribution in [2.75, 3.05) is 25.2 Å². The molecular formula is C13H21NO3S. The zero-order chi connectivity index (χ0) is 13.5. The van der Waals surface area contributed by atoms with Crippen LogP contribution in [-0.2, 0) is 14.3 Å². The maximum absolute atomic E-state index is 12.1. The van der Waals surface area contributed by atoms with Crippen molar-refractivity contribution >= 4 is 23.6 Å². The summed E-state index contributed by atoms with van der Waals surface area (Å²) in [5.74, 6) is 1.10. The van der Waals surface area contributed by atoms with E-state index >= 15 is 0 Å². The van der Waals surface area contributed by atoms with Crippen molar-refractivity contribution in [2.45, 2.75) is 32.7 Å². The second-order valence-electron chi connectivity index (χ2n) is 4.39. The lowest BCUT2D eigenvalue weighted by Gasteiger charge is -2.32. The standard InChI is InChI=1S/C13H21NO3S/c1-4-5-10(2)8-12(15)14-6-7-18-9-11(14)13(16)17-3/h8,11H,4-7,9H2,1-3H3/b10-8+. The molecule has 0 saturated carbocycles. The monoisotopic (exact) mass is 271 g/mol. The fourth-order valence-corrected chi connectivity index (χ4v) is 2.99. The van der Waals surface area contributed by atoms with Gasteiger partial charge in [0, 0.05) is 24.1 Å². The van der Waals surface area contributed by atoms with Gasteiger partial charge in [0.2, 0.25) is 5.91 Å². The van der Waals surface area contributed by atoms with Crippen molar-refractivity contribution in [3.05, 3.63) is 11.6 Å². The molecule has 0 aromatic rings. The first kappa shape index (κ1) is 15.1. The Morgan fingerprint density at radius 1 is 1.50 bits per heavy atom. The third-order valence-electron chi connectivity index (χ3n) is 2.90. The molecule has 0 spiro atoms. The minimum Gasteiger partial charge on any atom is -0.467 e. The molecule has 102 valence electrons. The highest BCUT2D eigenvalue weighted by Crippen LogP contribution is 2.18. The second kappa shape index (κ2) is 7.46. The van der Waals surface area contributed by atoms with Crippen LogP contribution >= 0.6 is 11.8 Å². The number of amides is 1. The average molecular weight is 271 g/mol. The predicted molar refractivity (Wildman–Crippen MR) is 73.5 cm³/mol. The number of hydrogen-bond donors (Lipinski definition) is 0. The number of thioether (sulfide) groups is 1. The lowest BCUT2D eigenvalue weighted by Crippen LogP contribution is -2.50. The topological polar surface area (TPSA) is 46.6 Å². The predicted octanol–water partition coefficient (Wildman–Crippen LogP) is 1.85. The molecule has 1 heterocycles. The third-order valence-corrected chi connectivity index (χ3v) is 3.92. The number of methoxy groups -OCH3 is 1. The summed E-state index contributed by atoms with van der Waals surface area (Å²) in [5.41, 5.74) is 1.06. The van der Waals surface area contributed by atoms with Gasteiger partial charge in [-0.2, -0.15) is 11.8 Å². The first-order chi connectivity index (χ1) is 8.60. The number of allylic oxidation sites excluding steroid dienone is 1. The van der Waals surface area contributed by atoms with Gasteiger partial charge in [0.1, 0.15) is 6.04 Å². The Kier molecular flexibility index (Phi) is 6.25. The fraction of sp³-hybridized carbons (Fsp3) is 0.692. The molecule has 0 aliphatic carbocycles. The molecule has 1 unspecified atom stereocenters. The lowest BCUT2D eigenvalue weighted by atomic mass is 10.1. The molecule has 1 atom stereocenters. The second-order valence-corrected chi connectivity index (χ2v) is 5.54. The molecule has 0 bridgehead atoms. The van der Waals surface area contributed by atoms with Crippen LogP contribution in [0.4, 0.5) is 0 Å². The first-order valence-corrected chi connectivity index (χ1v) is 7.39. The Morgan fingerprint density at radius 2 is 2.22 bits per heavy atom. The van der Waals surface area contributed by atoms with E-state index in [4.69, 9.17) is 4.74 Å². The van der Waals surface area contributed by atoms with Crippen LogP contribution in [0.25, 0.3) is 0 Å². The van der Waals surface area contributed by atoms with E-state index in [1.54, 1.807) is 22.7 Å². The number of nitrogens with zero attached hydrogens (tertiary/aromatic N) is 1. The van der Waals surface area contributed by atoms with E-state index in [1.807, 2.05) is 6.92 Å². The molecule has 1 aliphatic rings. The minimum absolute atomic E-state index is 0.0725. The van der Waals surface area contributed by atoms with Crippen LogP contribution in [-0.4, -0.2) is 48.0 Å². The zero-order valence-electron chi connectivity index (χ0n) is 11.3. The van der Waals surface area contributed by atoms with Gasteiger partial charge in [0.25, 0.3) is 0 Å². The molecule has 18 heavy (non-hydrogen) atoms. The van der Waals surface area contributed by atoms with Gasteiger partial charge in [0.15, 0.2) is 0 Å². The Hall–Kier alpha value is -0.970. The van der Waals surface area contributed by atoms with Crippen LogP contribution in [0.2, 0.25) is 0 Å².